The van der Waals surface area contributed by atoms with E-state index < -0.39 is 46.8 Å². The molecule has 1 aromatic rings. The van der Waals surface area contributed by atoms with Gasteiger partial charge in [0.15, 0.2) is 6.04 Å². The number of halogens is 2. The van der Waals surface area contributed by atoms with Crippen LogP contribution in [0.2, 0.25) is 0 Å². The van der Waals surface area contributed by atoms with E-state index in [1.807, 2.05) is 0 Å². The van der Waals surface area contributed by atoms with Gasteiger partial charge in [0.2, 0.25) is 0 Å². The van der Waals surface area contributed by atoms with E-state index in [1.54, 1.807) is 13.8 Å². The molecular formula is C18H18F2N2O6S. The maximum atomic E-state index is 13.9. The number of benzene rings is 1. The van der Waals surface area contributed by atoms with Gasteiger partial charge in [-0.25, -0.2) is 23.3 Å². The fourth-order valence-corrected chi connectivity index (χ4v) is 3.58. The topological polar surface area (TPSA) is 94.2 Å². The van der Waals surface area contributed by atoms with Crippen LogP contribution in [0.4, 0.5) is 13.6 Å². The summed E-state index contributed by atoms with van der Waals surface area (Å²) in [6.07, 6.45) is -0.928. The molecule has 0 aromatic heterocycles. The van der Waals surface area contributed by atoms with Crippen molar-refractivity contribution in [3.63, 3.8) is 0 Å². The molecule has 2 amide bonds. The van der Waals surface area contributed by atoms with Crippen molar-refractivity contribution < 1.29 is 37.4 Å². The molecule has 156 valence electrons. The Kier molecular flexibility index (Phi) is 5.20. The number of thiocarbonyl (C=S) groups is 1. The highest BCUT2D eigenvalue weighted by molar-refractivity contribution is 7.80. The van der Waals surface area contributed by atoms with Gasteiger partial charge in [-0.3, -0.25) is 4.79 Å². The van der Waals surface area contributed by atoms with Gasteiger partial charge in [-0.15, -0.1) is 0 Å². The van der Waals surface area contributed by atoms with Gasteiger partial charge < -0.3 is 19.5 Å². The van der Waals surface area contributed by atoms with Crippen molar-refractivity contribution in [2.24, 2.45) is 0 Å². The highest BCUT2D eigenvalue weighted by Crippen LogP contribution is 2.39. The van der Waals surface area contributed by atoms with Crippen molar-refractivity contribution in [3.05, 3.63) is 35.4 Å². The van der Waals surface area contributed by atoms with Crippen molar-refractivity contribution in [2.75, 3.05) is 13.2 Å². The second kappa shape index (κ2) is 7.21. The Morgan fingerprint density at radius 3 is 2.45 bits per heavy atom. The largest absolute Gasteiger partial charge is 0.463 e. The number of imide groups is 1. The van der Waals surface area contributed by atoms with Crippen LogP contribution in [0.3, 0.4) is 0 Å². The van der Waals surface area contributed by atoms with Crippen LogP contribution in [0.1, 0.15) is 26.3 Å². The summed E-state index contributed by atoms with van der Waals surface area (Å²) in [5.41, 5.74) is -3.70. The number of amides is 2. The van der Waals surface area contributed by atoms with Crippen molar-refractivity contribution in [1.82, 2.24) is 10.2 Å². The van der Waals surface area contributed by atoms with E-state index in [0.29, 0.717) is 6.07 Å². The second-order valence-corrected chi connectivity index (χ2v) is 7.49. The molecule has 0 spiro atoms. The normalized spacial score (nSPS) is 25.3. The van der Waals surface area contributed by atoms with Crippen molar-refractivity contribution in [3.8, 4) is 0 Å². The van der Waals surface area contributed by atoms with Gasteiger partial charge in [0, 0.05) is 11.6 Å². The number of ether oxygens (including phenoxy) is 3. The number of nitrogens with zero attached hydrogens (tertiary/aromatic N) is 1. The maximum Gasteiger partial charge on any atom is 0.417 e. The average Bonchev–Trinajstić information content (AvgIpc) is 3.11. The van der Waals surface area contributed by atoms with Crippen LogP contribution >= 0.6 is 12.2 Å². The van der Waals surface area contributed by atoms with Crippen LogP contribution in [0.15, 0.2) is 18.2 Å². The van der Waals surface area contributed by atoms with E-state index >= 15 is 0 Å². The van der Waals surface area contributed by atoms with Gasteiger partial charge in [0.1, 0.15) is 18.2 Å². The predicted molar refractivity (Wildman–Crippen MR) is 97.5 cm³/mol. The Morgan fingerprint density at radius 2 is 1.93 bits per heavy atom. The van der Waals surface area contributed by atoms with E-state index in [4.69, 9.17) is 26.4 Å². The number of hydrogen-bond acceptors (Lipinski definition) is 7. The first kappa shape index (κ1) is 20.9. The number of carbonyl (C=O) groups excluding carboxylic acids is 3. The molecule has 1 aromatic carbocycles. The fourth-order valence-electron chi connectivity index (χ4n) is 3.33. The Balaban J connectivity index is 2.17. The first-order chi connectivity index (χ1) is 13.5. The van der Waals surface area contributed by atoms with E-state index in [1.165, 1.54) is 6.92 Å². The second-order valence-electron chi connectivity index (χ2n) is 7.12. The first-order valence-electron chi connectivity index (χ1n) is 8.67. The fraction of sp³-hybridized carbons (Fsp3) is 0.444. The monoisotopic (exact) mass is 428 g/mol. The van der Waals surface area contributed by atoms with E-state index in [0.717, 1.165) is 17.0 Å². The van der Waals surface area contributed by atoms with Gasteiger partial charge in [0.05, 0.1) is 12.1 Å². The van der Waals surface area contributed by atoms with E-state index in [9.17, 15) is 23.2 Å². The lowest BCUT2D eigenvalue weighted by Gasteiger charge is -2.34. The summed E-state index contributed by atoms with van der Waals surface area (Å²) in [5, 5.41) is 2.15. The lowest BCUT2D eigenvalue weighted by molar-refractivity contribution is -0.167. The van der Waals surface area contributed by atoms with Crippen molar-refractivity contribution in [2.45, 2.75) is 38.0 Å². The molecule has 29 heavy (non-hydrogen) atoms. The lowest BCUT2D eigenvalue weighted by atomic mass is 9.85. The molecule has 2 atom stereocenters. The molecule has 0 radical (unpaired) electrons. The third-order valence-electron chi connectivity index (χ3n) is 4.60. The van der Waals surface area contributed by atoms with E-state index in [2.05, 4.69) is 5.32 Å². The molecule has 3 rings (SSSR count). The quantitative estimate of drug-likeness (QED) is 0.573. The number of esters is 1. The number of rotatable bonds is 4. The zero-order valence-electron chi connectivity index (χ0n) is 15.8. The molecule has 0 aliphatic carbocycles. The van der Waals surface area contributed by atoms with Crippen molar-refractivity contribution in [1.29, 1.82) is 0 Å². The lowest BCUT2D eigenvalue weighted by Crippen LogP contribution is -2.60. The summed E-state index contributed by atoms with van der Waals surface area (Å²) in [4.78, 5) is 39.2. The Morgan fingerprint density at radius 1 is 1.31 bits per heavy atom. The zero-order chi connectivity index (χ0) is 21.6. The highest BCUT2D eigenvalue weighted by Gasteiger charge is 2.63. The van der Waals surface area contributed by atoms with Crippen LogP contribution in [0.5, 0.6) is 0 Å². The molecule has 2 heterocycles. The minimum atomic E-state index is -2.34. The number of cyclic esters (lactones) is 1. The van der Waals surface area contributed by atoms with Gasteiger partial charge in [0.25, 0.3) is 16.7 Å². The summed E-state index contributed by atoms with van der Waals surface area (Å²) in [6.45, 7) is 4.50. The average molecular weight is 428 g/mol. The molecule has 2 aliphatic rings. The third-order valence-corrected chi connectivity index (χ3v) is 4.80. The standard InChI is InChI=1S/C18H18F2N2O6S/c1-4-26-14(24)18(9-5-10(19)7-11(20)6-9)12(21-15(29)28-18)13(23)22-16(25)27-8-17(22,2)3/h5-7,12H,4,8H2,1-3H3,(H,21,29)/t12-,18-/m0/s1. The molecule has 2 aliphatic heterocycles. The Labute approximate surface area is 170 Å². The molecule has 8 nitrogen and oxygen atoms in total. The van der Waals surface area contributed by atoms with Crippen LogP contribution in [-0.4, -0.2) is 52.8 Å². The number of nitrogens with one attached hydrogen (secondary N) is 1. The van der Waals surface area contributed by atoms with Crippen LogP contribution in [-0.2, 0) is 29.4 Å². The summed E-state index contributed by atoms with van der Waals surface area (Å²) in [6, 6.07) is 0.647. The molecule has 0 bridgehead atoms. The molecule has 0 saturated carbocycles. The molecule has 2 fully saturated rings. The Hall–Kier alpha value is -2.82. The summed E-state index contributed by atoms with van der Waals surface area (Å²) >= 11 is 4.98. The minimum absolute atomic E-state index is 0.0728. The molecule has 11 heteroatoms. The van der Waals surface area contributed by atoms with Crippen LogP contribution in [0.25, 0.3) is 0 Å². The number of carbonyl (C=O) groups is 3. The van der Waals surface area contributed by atoms with E-state index in [-0.39, 0.29) is 24.0 Å². The molecule has 0 unspecified atom stereocenters. The molecular weight excluding hydrogens is 410 g/mol. The Bertz CT molecular complexity index is 888. The predicted octanol–water partition coefficient (Wildman–Crippen LogP) is 1.75. The van der Waals surface area contributed by atoms with Gasteiger partial charge >= 0.3 is 12.1 Å². The molecule has 2 saturated heterocycles. The molecule has 1 N–H and O–H groups in total. The van der Waals surface area contributed by atoms with Crippen molar-refractivity contribution >= 4 is 35.4 Å². The number of hydrogen-bond donors (Lipinski definition) is 1. The minimum Gasteiger partial charge on any atom is -0.463 e. The third kappa shape index (κ3) is 3.39. The smallest absolute Gasteiger partial charge is 0.417 e. The van der Waals surface area contributed by atoms with Gasteiger partial charge in [-0.05, 0) is 45.1 Å². The van der Waals surface area contributed by atoms with Crippen LogP contribution < -0.4 is 5.32 Å². The van der Waals surface area contributed by atoms with Gasteiger partial charge in [-0.2, -0.15) is 0 Å². The highest BCUT2D eigenvalue weighted by atomic mass is 32.1. The SMILES string of the molecule is CCOC(=O)[C@@]1(c2cc(F)cc(F)c2)OC(=S)N[C@H]1C(=O)N1C(=O)OCC1(C)C. The van der Waals surface area contributed by atoms with Crippen LogP contribution in [0, 0.1) is 11.6 Å². The summed E-state index contributed by atoms with van der Waals surface area (Å²) in [5.74, 6) is -4.02. The summed E-state index contributed by atoms with van der Waals surface area (Å²) < 4.78 is 43.3. The first-order valence-corrected chi connectivity index (χ1v) is 9.08. The summed E-state index contributed by atoms with van der Waals surface area (Å²) in [7, 11) is 0. The maximum absolute atomic E-state index is 13.9. The zero-order valence-corrected chi connectivity index (χ0v) is 16.6. The van der Waals surface area contributed by atoms with Gasteiger partial charge in [-0.1, -0.05) is 0 Å².